The molecule has 0 fully saturated rings. The summed E-state index contributed by atoms with van der Waals surface area (Å²) >= 11 is 12.2. The van der Waals surface area contributed by atoms with Gasteiger partial charge in [-0.25, -0.2) is 0 Å². The Morgan fingerprint density at radius 3 is 2.61 bits per heavy atom. The van der Waals surface area contributed by atoms with Crippen LogP contribution in [0.1, 0.15) is 22.8 Å². The number of amides is 1. The molecule has 2 aromatic carbocycles. The summed E-state index contributed by atoms with van der Waals surface area (Å²) in [6.07, 6.45) is 0. The minimum atomic E-state index is -0.305. The van der Waals surface area contributed by atoms with Crippen molar-refractivity contribution in [3.05, 3.63) is 51.5 Å². The van der Waals surface area contributed by atoms with Gasteiger partial charge in [0.15, 0.2) is 11.5 Å². The Hall–Kier alpha value is -1.91. The zero-order valence-electron chi connectivity index (χ0n) is 13.1. The second-order valence-electron chi connectivity index (χ2n) is 4.79. The second-order valence-corrected chi connectivity index (χ2v) is 5.60. The highest BCUT2D eigenvalue weighted by Crippen LogP contribution is 2.36. The van der Waals surface area contributed by atoms with Gasteiger partial charge in [0, 0.05) is 16.3 Å². The standard InChI is InChI=1S/C17H17Cl2NO3/c1-4-23-15-9-11(8-13(19)16(15)22-3)17(21)20-14-7-5-6-12(18)10(14)2/h5-9H,4H2,1-3H3,(H,20,21). The molecule has 0 aliphatic carbocycles. The van der Waals surface area contributed by atoms with Crippen molar-refractivity contribution in [1.82, 2.24) is 0 Å². The lowest BCUT2D eigenvalue weighted by Gasteiger charge is -2.14. The quantitative estimate of drug-likeness (QED) is 0.825. The van der Waals surface area contributed by atoms with Crippen molar-refractivity contribution in [2.75, 3.05) is 19.0 Å². The van der Waals surface area contributed by atoms with Gasteiger partial charge in [0.25, 0.3) is 5.91 Å². The van der Waals surface area contributed by atoms with Crippen LogP contribution in [0.25, 0.3) is 0 Å². The summed E-state index contributed by atoms with van der Waals surface area (Å²) in [6.45, 7) is 4.12. The lowest BCUT2D eigenvalue weighted by atomic mass is 10.1. The van der Waals surface area contributed by atoms with E-state index in [0.717, 1.165) is 5.56 Å². The van der Waals surface area contributed by atoms with Crippen molar-refractivity contribution < 1.29 is 14.3 Å². The SMILES string of the molecule is CCOc1cc(C(=O)Nc2cccc(Cl)c2C)cc(Cl)c1OC. The van der Waals surface area contributed by atoms with E-state index in [1.54, 1.807) is 24.3 Å². The van der Waals surface area contributed by atoms with Crippen LogP contribution < -0.4 is 14.8 Å². The number of benzene rings is 2. The Labute approximate surface area is 145 Å². The highest BCUT2D eigenvalue weighted by Gasteiger charge is 2.16. The Morgan fingerprint density at radius 2 is 1.96 bits per heavy atom. The molecule has 122 valence electrons. The van der Waals surface area contributed by atoms with Crippen LogP contribution in [-0.4, -0.2) is 19.6 Å². The van der Waals surface area contributed by atoms with E-state index < -0.39 is 0 Å². The van der Waals surface area contributed by atoms with Gasteiger partial charge >= 0.3 is 0 Å². The average Bonchev–Trinajstić information content (AvgIpc) is 2.52. The fourth-order valence-corrected chi connectivity index (χ4v) is 2.56. The summed E-state index contributed by atoms with van der Waals surface area (Å²) < 4.78 is 10.7. The lowest BCUT2D eigenvalue weighted by Crippen LogP contribution is -2.13. The van der Waals surface area contributed by atoms with Crippen molar-refractivity contribution in [3.63, 3.8) is 0 Å². The molecule has 0 saturated heterocycles. The lowest BCUT2D eigenvalue weighted by molar-refractivity contribution is 0.102. The van der Waals surface area contributed by atoms with Crippen molar-refractivity contribution in [1.29, 1.82) is 0 Å². The van der Waals surface area contributed by atoms with Crippen LogP contribution in [0.3, 0.4) is 0 Å². The van der Waals surface area contributed by atoms with Crippen molar-refractivity contribution in [3.8, 4) is 11.5 Å². The number of rotatable bonds is 5. The van der Waals surface area contributed by atoms with Crippen LogP contribution in [0, 0.1) is 6.92 Å². The fourth-order valence-electron chi connectivity index (χ4n) is 2.10. The summed E-state index contributed by atoms with van der Waals surface area (Å²) in [5, 5.41) is 3.72. The number of anilines is 1. The monoisotopic (exact) mass is 353 g/mol. The van der Waals surface area contributed by atoms with Gasteiger partial charge in [-0.15, -0.1) is 0 Å². The average molecular weight is 354 g/mol. The number of methoxy groups -OCH3 is 1. The molecule has 0 unspecified atom stereocenters. The largest absolute Gasteiger partial charge is 0.491 e. The maximum Gasteiger partial charge on any atom is 0.255 e. The topological polar surface area (TPSA) is 47.6 Å². The molecule has 2 aromatic rings. The summed E-state index contributed by atoms with van der Waals surface area (Å²) in [5.74, 6) is 0.528. The molecular formula is C17H17Cl2NO3. The minimum absolute atomic E-state index is 0.305. The molecule has 23 heavy (non-hydrogen) atoms. The van der Waals surface area contributed by atoms with E-state index in [1.165, 1.54) is 13.2 Å². The molecule has 0 aliphatic rings. The van der Waals surface area contributed by atoms with Crippen LogP contribution in [-0.2, 0) is 0 Å². The Bertz CT molecular complexity index is 732. The first kappa shape index (κ1) is 17.4. The van der Waals surface area contributed by atoms with E-state index in [1.807, 2.05) is 13.8 Å². The van der Waals surface area contributed by atoms with Gasteiger partial charge in [-0.1, -0.05) is 29.3 Å². The summed E-state index contributed by atoms with van der Waals surface area (Å²) in [4.78, 5) is 12.5. The summed E-state index contributed by atoms with van der Waals surface area (Å²) in [5.41, 5.74) is 1.82. The van der Waals surface area contributed by atoms with E-state index in [-0.39, 0.29) is 5.91 Å². The Kier molecular flexibility index (Phi) is 5.74. The van der Waals surface area contributed by atoms with Crippen molar-refractivity contribution in [2.45, 2.75) is 13.8 Å². The Balaban J connectivity index is 2.34. The summed E-state index contributed by atoms with van der Waals surface area (Å²) in [6, 6.07) is 8.47. The molecule has 0 radical (unpaired) electrons. The molecular weight excluding hydrogens is 337 g/mol. The number of nitrogens with one attached hydrogen (secondary N) is 1. The van der Waals surface area contributed by atoms with E-state index in [9.17, 15) is 4.79 Å². The Morgan fingerprint density at radius 1 is 1.22 bits per heavy atom. The number of carbonyl (C=O) groups is 1. The van der Waals surface area contributed by atoms with Crippen LogP contribution in [0.2, 0.25) is 10.0 Å². The van der Waals surface area contributed by atoms with Crippen LogP contribution >= 0.6 is 23.2 Å². The molecule has 0 atom stereocenters. The number of ether oxygens (including phenoxy) is 2. The van der Waals surface area contributed by atoms with Crippen LogP contribution in [0.5, 0.6) is 11.5 Å². The zero-order valence-corrected chi connectivity index (χ0v) is 14.6. The van der Waals surface area contributed by atoms with Gasteiger partial charge in [-0.05, 0) is 43.7 Å². The van der Waals surface area contributed by atoms with Gasteiger partial charge in [-0.3, -0.25) is 4.79 Å². The third kappa shape index (κ3) is 3.89. The molecule has 1 amide bonds. The number of hydrogen-bond acceptors (Lipinski definition) is 3. The zero-order chi connectivity index (χ0) is 17.0. The molecule has 0 spiro atoms. The first-order chi connectivity index (χ1) is 11.0. The maximum atomic E-state index is 12.5. The van der Waals surface area contributed by atoms with Gasteiger partial charge in [0.2, 0.25) is 0 Å². The molecule has 0 aliphatic heterocycles. The second kappa shape index (κ2) is 7.57. The van der Waals surface area contributed by atoms with E-state index in [4.69, 9.17) is 32.7 Å². The molecule has 4 nitrogen and oxygen atoms in total. The number of hydrogen-bond donors (Lipinski definition) is 1. The highest BCUT2D eigenvalue weighted by atomic mass is 35.5. The molecule has 2 rings (SSSR count). The van der Waals surface area contributed by atoms with Gasteiger partial charge < -0.3 is 14.8 Å². The smallest absolute Gasteiger partial charge is 0.255 e. The van der Waals surface area contributed by atoms with Crippen LogP contribution in [0.15, 0.2) is 30.3 Å². The number of halogens is 2. The number of carbonyl (C=O) groups excluding carboxylic acids is 1. The van der Waals surface area contributed by atoms with Crippen molar-refractivity contribution in [2.24, 2.45) is 0 Å². The maximum absolute atomic E-state index is 12.5. The molecule has 1 N–H and O–H groups in total. The predicted octanol–water partition coefficient (Wildman–Crippen LogP) is 4.96. The molecule has 0 heterocycles. The van der Waals surface area contributed by atoms with E-state index >= 15 is 0 Å². The first-order valence-corrected chi connectivity index (χ1v) is 7.80. The third-order valence-corrected chi connectivity index (χ3v) is 3.98. The molecule has 6 heteroatoms. The van der Waals surface area contributed by atoms with E-state index in [0.29, 0.717) is 39.4 Å². The minimum Gasteiger partial charge on any atom is -0.491 e. The molecule has 0 bridgehead atoms. The first-order valence-electron chi connectivity index (χ1n) is 7.04. The third-order valence-electron chi connectivity index (χ3n) is 3.29. The van der Waals surface area contributed by atoms with E-state index in [2.05, 4.69) is 5.32 Å². The van der Waals surface area contributed by atoms with Crippen LogP contribution in [0.4, 0.5) is 5.69 Å². The van der Waals surface area contributed by atoms with Gasteiger partial charge in [0.1, 0.15) is 0 Å². The molecule has 0 saturated carbocycles. The fraction of sp³-hybridized carbons (Fsp3) is 0.235. The predicted molar refractivity (Wildman–Crippen MR) is 93.3 cm³/mol. The van der Waals surface area contributed by atoms with Gasteiger partial charge in [0.05, 0.1) is 18.7 Å². The summed E-state index contributed by atoms with van der Waals surface area (Å²) in [7, 11) is 1.50. The normalized spacial score (nSPS) is 10.3. The van der Waals surface area contributed by atoms with Gasteiger partial charge in [-0.2, -0.15) is 0 Å². The van der Waals surface area contributed by atoms with Crippen molar-refractivity contribution >= 4 is 34.8 Å². The highest BCUT2D eigenvalue weighted by molar-refractivity contribution is 6.33. The molecule has 0 aromatic heterocycles.